The number of carbonyl (C=O) groups is 1. The Morgan fingerprint density at radius 2 is 2.00 bits per heavy atom. The van der Waals surface area contributed by atoms with Gasteiger partial charge in [-0.1, -0.05) is 18.2 Å². The highest BCUT2D eigenvalue weighted by molar-refractivity contribution is 5.74. The predicted molar refractivity (Wildman–Crippen MR) is 106 cm³/mol. The molecule has 0 aliphatic rings. The lowest BCUT2D eigenvalue weighted by atomic mass is 10.1. The molecule has 2 aromatic heterocycles. The monoisotopic (exact) mass is 451 g/mol. The zero-order chi connectivity index (χ0) is 23.3. The molecule has 1 aromatic carbocycles. The zero-order valence-corrected chi connectivity index (χ0v) is 17.0. The molecule has 3 aromatic rings. The highest BCUT2D eigenvalue weighted by Gasteiger charge is 2.33. The number of urea groups is 1. The molecule has 0 aliphatic heterocycles. The maximum atomic E-state index is 13.4. The lowest BCUT2D eigenvalue weighted by molar-refractivity contribution is -0.392. The lowest BCUT2D eigenvalue weighted by Crippen LogP contribution is -2.40. The van der Waals surface area contributed by atoms with Crippen molar-refractivity contribution in [2.75, 3.05) is 6.54 Å². The molecule has 0 atom stereocenters. The van der Waals surface area contributed by atoms with Crippen molar-refractivity contribution in [1.82, 2.24) is 19.8 Å². The summed E-state index contributed by atoms with van der Waals surface area (Å²) in [4.78, 5) is 28.4. The molecule has 32 heavy (non-hydrogen) atoms. The fourth-order valence-corrected chi connectivity index (χ4v) is 3.20. The molecule has 3 rings (SSSR count). The second-order valence-electron chi connectivity index (χ2n) is 6.89. The zero-order valence-electron chi connectivity index (χ0n) is 17.0. The lowest BCUT2D eigenvalue weighted by Gasteiger charge is -2.24. The van der Waals surface area contributed by atoms with Crippen molar-refractivity contribution in [2.45, 2.75) is 32.7 Å². The van der Waals surface area contributed by atoms with Gasteiger partial charge in [0.25, 0.3) is 0 Å². The minimum absolute atomic E-state index is 0.00639. The number of halogens is 3. The van der Waals surface area contributed by atoms with Gasteiger partial charge in [-0.25, -0.2) is 14.3 Å². The summed E-state index contributed by atoms with van der Waals surface area (Å²) in [5.41, 5.74) is -0.898. The van der Waals surface area contributed by atoms with E-state index >= 15 is 0 Å². The van der Waals surface area contributed by atoms with Crippen LogP contribution >= 0.6 is 0 Å². The first kappa shape index (κ1) is 22.8. The van der Waals surface area contributed by atoms with E-state index in [1.54, 1.807) is 19.1 Å². The van der Waals surface area contributed by atoms with E-state index in [1.165, 1.54) is 33.9 Å². The molecule has 170 valence electrons. The molecule has 0 fully saturated rings. The van der Waals surface area contributed by atoms with Crippen LogP contribution in [0.4, 0.5) is 23.8 Å². The fraction of sp³-hybridized carbons (Fsp3) is 0.300. The Hall–Kier alpha value is -3.83. The third kappa shape index (κ3) is 5.45. The average molecular weight is 451 g/mol. The Kier molecular flexibility index (Phi) is 6.81. The average Bonchev–Trinajstić information content (AvgIpc) is 3.37. The van der Waals surface area contributed by atoms with E-state index in [0.29, 0.717) is 11.6 Å². The van der Waals surface area contributed by atoms with Gasteiger partial charge in [-0.3, -0.25) is 0 Å². The summed E-state index contributed by atoms with van der Waals surface area (Å²) in [6.07, 6.45) is -2.05. The molecule has 0 spiro atoms. The van der Waals surface area contributed by atoms with Gasteiger partial charge in [0.05, 0.1) is 24.9 Å². The van der Waals surface area contributed by atoms with Crippen molar-refractivity contribution >= 4 is 11.8 Å². The number of carbonyl (C=O) groups excluding carboxylic acids is 1. The third-order valence-electron chi connectivity index (χ3n) is 4.73. The molecular weight excluding hydrogens is 431 g/mol. The van der Waals surface area contributed by atoms with Crippen molar-refractivity contribution in [3.05, 3.63) is 81.7 Å². The summed E-state index contributed by atoms with van der Waals surface area (Å²) in [5, 5.41) is 13.7. The number of alkyl halides is 3. The van der Waals surface area contributed by atoms with Gasteiger partial charge < -0.3 is 24.7 Å². The van der Waals surface area contributed by atoms with Gasteiger partial charge in [0.1, 0.15) is 18.5 Å². The van der Waals surface area contributed by atoms with Crippen LogP contribution in [0, 0.1) is 17.0 Å². The Morgan fingerprint density at radius 1 is 1.25 bits per heavy atom. The first-order chi connectivity index (χ1) is 15.2. The maximum Gasteiger partial charge on any atom is 0.416 e. The van der Waals surface area contributed by atoms with Gasteiger partial charge in [-0.05, 0) is 28.7 Å². The quantitative estimate of drug-likeness (QED) is 0.410. The van der Waals surface area contributed by atoms with Crippen molar-refractivity contribution in [3.63, 3.8) is 0 Å². The summed E-state index contributed by atoms with van der Waals surface area (Å²) < 4.78 is 46.7. The van der Waals surface area contributed by atoms with E-state index in [1.807, 2.05) is 0 Å². The highest BCUT2D eigenvalue weighted by atomic mass is 19.4. The fourth-order valence-electron chi connectivity index (χ4n) is 3.20. The number of nitrogens with zero attached hydrogens (tertiary/aromatic N) is 4. The molecule has 9 nitrogen and oxygen atoms in total. The number of nitro groups is 1. The highest BCUT2D eigenvalue weighted by Crippen LogP contribution is 2.32. The molecule has 1 N–H and O–H groups in total. The number of benzene rings is 1. The molecule has 0 radical (unpaired) electrons. The van der Waals surface area contributed by atoms with Crippen LogP contribution in [0.3, 0.4) is 0 Å². The van der Waals surface area contributed by atoms with Crippen LogP contribution in [0.5, 0.6) is 0 Å². The number of amides is 2. The number of imidazole rings is 1. The topological polar surface area (TPSA) is 106 Å². The van der Waals surface area contributed by atoms with Gasteiger partial charge in [0.2, 0.25) is 0 Å². The van der Waals surface area contributed by atoms with Crippen LogP contribution in [-0.4, -0.2) is 32.0 Å². The number of aromatic nitrogens is 2. The van der Waals surface area contributed by atoms with Gasteiger partial charge in [0, 0.05) is 13.5 Å². The Bertz CT molecular complexity index is 1080. The number of rotatable bonds is 8. The molecule has 0 aliphatic carbocycles. The van der Waals surface area contributed by atoms with Gasteiger partial charge in [0.15, 0.2) is 5.82 Å². The normalized spacial score (nSPS) is 11.4. The predicted octanol–water partition coefficient (Wildman–Crippen LogP) is 4.12. The first-order valence-electron chi connectivity index (χ1n) is 9.53. The molecule has 0 unspecified atom stereocenters. The number of hydrogen-bond donors (Lipinski definition) is 1. The van der Waals surface area contributed by atoms with E-state index in [9.17, 15) is 28.1 Å². The summed E-state index contributed by atoms with van der Waals surface area (Å²) in [6.45, 7) is 1.29. The smallest absolute Gasteiger partial charge is 0.416 e. The van der Waals surface area contributed by atoms with Gasteiger partial charge >= 0.3 is 18.0 Å². The number of nitrogens with one attached hydrogen (secondary N) is 1. The Labute approximate surface area is 180 Å². The van der Waals surface area contributed by atoms with Gasteiger partial charge in [-0.2, -0.15) is 13.2 Å². The summed E-state index contributed by atoms with van der Waals surface area (Å²) in [6, 6.07) is 7.59. The largest absolute Gasteiger partial charge is 0.467 e. The second kappa shape index (κ2) is 9.54. The summed E-state index contributed by atoms with van der Waals surface area (Å²) in [7, 11) is 0. The van der Waals surface area contributed by atoms with Crippen LogP contribution in [0.25, 0.3) is 0 Å². The van der Waals surface area contributed by atoms with E-state index in [-0.39, 0.29) is 37.6 Å². The Balaban J connectivity index is 1.74. The van der Waals surface area contributed by atoms with Crippen LogP contribution in [0.1, 0.15) is 22.7 Å². The van der Waals surface area contributed by atoms with Crippen LogP contribution < -0.4 is 5.32 Å². The van der Waals surface area contributed by atoms with E-state index in [0.717, 1.165) is 12.3 Å². The van der Waals surface area contributed by atoms with Crippen molar-refractivity contribution < 1.29 is 27.3 Å². The van der Waals surface area contributed by atoms with E-state index in [2.05, 4.69) is 10.3 Å². The molecule has 2 amide bonds. The SMILES string of the molecule is Cc1ncc([N+](=O)[O-])n1CCNC(=O)N(Cc1ccco1)Cc1ccccc1C(F)(F)F. The minimum Gasteiger partial charge on any atom is -0.467 e. The van der Waals surface area contributed by atoms with Crippen molar-refractivity contribution in [2.24, 2.45) is 0 Å². The van der Waals surface area contributed by atoms with Crippen molar-refractivity contribution in [1.29, 1.82) is 0 Å². The van der Waals surface area contributed by atoms with Gasteiger partial charge in [-0.15, -0.1) is 0 Å². The first-order valence-corrected chi connectivity index (χ1v) is 9.53. The Morgan fingerprint density at radius 3 is 2.66 bits per heavy atom. The molecule has 0 saturated carbocycles. The minimum atomic E-state index is -4.57. The molecule has 0 bridgehead atoms. The third-order valence-corrected chi connectivity index (χ3v) is 4.73. The van der Waals surface area contributed by atoms with E-state index in [4.69, 9.17) is 4.42 Å². The molecule has 2 heterocycles. The molecule has 0 saturated heterocycles. The molecule has 12 heteroatoms. The standard InChI is InChI=1S/C20H20F3N5O4/c1-14-25-11-18(28(30)31)27(14)9-8-24-19(29)26(13-16-6-4-10-32-16)12-15-5-2-3-7-17(15)20(21,22)23/h2-7,10-11H,8-9,12-13H2,1H3,(H,24,29). The number of aryl methyl sites for hydroxylation is 1. The van der Waals surface area contributed by atoms with Crippen molar-refractivity contribution in [3.8, 4) is 0 Å². The second-order valence-corrected chi connectivity index (χ2v) is 6.89. The molecular formula is C20H20F3N5O4. The van der Waals surface area contributed by atoms with Crippen LogP contribution in [0.2, 0.25) is 0 Å². The summed E-state index contributed by atoms with van der Waals surface area (Å²) >= 11 is 0. The number of furan rings is 1. The van der Waals surface area contributed by atoms with E-state index < -0.39 is 22.7 Å². The van der Waals surface area contributed by atoms with Crippen LogP contribution in [-0.2, 0) is 25.8 Å². The maximum absolute atomic E-state index is 13.4. The van der Waals surface area contributed by atoms with Crippen LogP contribution in [0.15, 0.2) is 53.3 Å². The number of hydrogen-bond acceptors (Lipinski definition) is 5. The summed E-state index contributed by atoms with van der Waals surface area (Å²) in [5.74, 6) is 0.575.